The Morgan fingerprint density at radius 2 is 2.33 bits per heavy atom. The highest BCUT2D eigenvalue weighted by molar-refractivity contribution is 5.95. The van der Waals surface area contributed by atoms with Crippen LogP contribution >= 0.6 is 0 Å². The number of hydrogen-bond acceptors (Lipinski definition) is 6. The third kappa shape index (κ3) is 2.70. The number of anilines is 2. The fourth-order valence-corrected chi connectivity index (χ4v) is 1.89. The van der Waals surface area contributed by atoms with E-state index in [1.165, 1.54) is 13.3 Å². The third-order valence-electron chi connectivity index (χ3n) is 2.87. The van der Waals surface area contributed by atoms with E-state index in [0.29, 0.717) is 17.9 Å². The van der Waals surface area contributed by atoms with Crippen molar-refractivity contribution in [2.45, 2.75) is 6.42 Å². The van der Waals surface area contributed by atoms with Gasteiger partial charge in [0.05, 0.1) is 31.2 Å². The average molecular weight is 251 g/mol. The molecule has 0 unspecified atom stereocenters. The number of esters is 1. The van der Waals surface area contributed by atoms with E-state index >= 15 is 0 Å². The second-order valence-electron chi connectivity index (χ2n) is 4.07. The molecule has 1 aliphatic rings. The summed E-state index contributed by atoms with van der Waals surface area (Å²) in [4.78, 5) is 17.9. The van der Waals surface area contributed by atoms with Gasteiger partial charge in [-0.25, -0.2) is 9.78 Å². The summed E-state index contributed by atoms with van der Waals surface area (Å²) in [6.07, 6.45) is 2.44. The summed E-state index contributed by atoms with van der Waals surface area (Å²) in [5, 5.41) is 0. The normalized spacial score (nSPS) is 16.2. The first-order valence-electron chi connectivity index (χ1n) is 5.89. The molecule has 2 rings (SSSR count). The molecule has 6 nitrogen and oxygen atoms in total. The lowest BCUT2D eigenvalue weighted by atomic mass is 10.2. The number of rotatable bonds is 2. The number of hydrogen-bond donors (Lipinski definition) is 1. The summed E-state index contributed by atoms with van der Waals surface area (Å²) >= 11 is 0. The van der Waals surface area contributed by atoms with E-state index < -0.39 is 5.97 Å². The summed E-state index contributed by atoms with van der Waals surface area (Å²) in [5.41, 5.74) is 6.40. The molecule has 0 saturated carbocycles. The van der Waals surface area contributed by atoms with Gasteiger partial charge in [0, 0.05) is 19.7 Å². The minimum absolute atomic E-state index is 0.330. The molecule has 6 heteroatoms. The fraction of sp³-hybridized carbons (Fsp3) is 0.500. The van der Waals surface area contributed by atoms with Crippen LogP contribution in [-0.2, 0) is 9.47 Å². The van der Waals surface area contributed by atoms with Crippen LogP contribution in [0.4, 0.5) is 11.5 Å². The Balaban J connectivity index is 2.25. The van der Waals surface area contributed by atoms with Crippen molar-refractivity contribution in [3.05, 3.63) is 17.8 Å². The first-order valence-corrected chi connectivity index (χ1v) is 5.89. The van der Waals surface area contributed by atoms with Gasteiger partial charge in [-0.3, -0.25) is 0 Å². The summed E-state index contributed by atoms with van der Waals surface area (Å²) in [7, 11) is 1.33. The summed E-state index contributed by atoms with van der Waals surface area (Å²) in [5.74, 6) is 0.289. The van der Waals surface area contributed by atoms with Gasteiger partial charge in [-0.1, -0.05) is 0 Å². The van der Waals surface area contributed by atoms with Crippen molar-refractivity contribution in [1.29, 1.82) is 0 Å². The Morgan fingerprint density at radius 3 is 3.11 bits per heavy atom. The van der Waals surface area contributed by atoms with Crippen LogP contribution in [0.1, 0.15) is 16.8 Å². The molecule has 1 fully saturated rings. The number of ether oxygens (including phenoxy) is 2. The second-order valence-corrected chi connectivity index (χ2v) is 4.07. The molecule has 0 radical (unpaired) electrons. The highest BCUT2D eigenvalue weighted by atomic mass is 16.5. The van der Waals surface area contributed by atoms with Crippen molar-refractivity contribution in [3.63, 3.8) is 0 Å². The SMILES string of the molecule is COC(=O)c1cc(N2CCCOCC2)ncc1N. The average Bonchev–Trinajstić information content (AvgIpc) is 2.67. The van der Waals surface area contributed by atoms with Crippen LogP contribution in [0.25, 0.3) is 0 Å². The van der Waals surface area contributed by atoms with E-state index in [1.54, 1.807) is 6.07 Å². The molecule has 0 bridgehead atoms. The number of nitrogens with zero attached hydrogens (tertiary/aromatic N) is 2. The minimum Gasteiger partial charge on any atom is -0.465 e. The largest absolute Gasteiger partial charge is 0.465 e. The van der Waals surface area contributed by atoms with E-state index in [1.807, 2.05) is 0 Å². The molecule has 2 heterocycles. The molecular formula is C12H17N3O3. The summed E-state index contributed by atoms with van der Waals surface area (Å²) in [6.45, 7) is 3.05. The quantitative estimate of drug-likeness (QED) is 0.779. The van der Waals surface area contributed by atoms with Gasteiger partial charge in [0.25, 0.3) is 0 Å². The summed E-state index contributed by atoms with van der Waals surface area (Å²) < 4.78 is 10.1. The predicted octanol–water partition coefficient (Wildman–Crippen LogP) is 0.677. The number of pyridine rings is 1. The topological polar surface area (TPSA) is 77.7 Å². The number of carbonyl (C=O) groups is 1. The van der Waals surface area contributed by atoms with Crippen molar-refractivity contribution in [2.24, 2.45) is 0 Å². The van der Waals surface area contributed by atoms with Gasteiger partial charge < -0.3 is 20.1 Å². The summed E-state index contributed by atoms with van der Waals surface area (Å²) in [6, 6.07) is 1.67. The molecular weight excluding hydrogens is 234 g/mol. The molecule has 1 aliphatic heterocycles. The van der Waals surface area contributed by atoms with Gasteiger partial charge in [-0.15, -0.1) is 0 Å². The highest BCUT2D eigenvalue weighted by Crippen LogP contribution is 2.19. The van der Waals surface area contributed by atoms with Crippen LogP contribution < -0.4 is 10.6 Å². The van der Waals surface area contributed by atoms with Crippen LogP contribution in [-0.4, -0.2) is 44.4 Å². The monoisotopic (exact) mass is 251 g/mol. The van der Waals surface area contributed by atoms with Crippen molar-refractivity contribution < 1.29 is 14.3 Å². The Kier molecular flexibility index (Phi) is 3.99. The maximum atomic E-state index is 11.6. The number of carbonyl (C=O) groups excluding carboxylic acids is 1. The molecule has 0 aromatic carbocycles. The van der Waals surface area contributed by atoms with Gasteiger partial charge in [0.2, 0.25) is 0 Å². The predicted molar refractivity (Wildman–Crippen MR) is 67.6 cm³/mol. The van der Waals surface area contributed by atoms with Gasteiger partial charge in [-0.05, 0) is 12.5 Å². The van der Waals surface area contributed by atoms with Crippen LogP contribution in [0, 0.1) is 0 Å². The van der Waals surface area contributed by atoms with Gasteiger partial charge in [0.1, 0.15) is 5.82 Å². The van der Waals surface area contributed by atoms with Crippen molar-refractivity contribution in [1.82, 2.24) is 4.98 Å². The van der Waals surface area contributed by atoms with Crippen molar-refractivity contribution in [2.75, 3.05) is 44.0 Å². The molecule has 98 valence electrons. The minimum atomic E-state index is -0.442. The fourth-order valence-electron chi connectivity index (χ4n) is 1.89. The molecule has 18 heavy (non-hydrogen) atoms. The Hall–Kier alpha value is -1.82. The molecule has 0 atom stereocenters. The molecule has 0 aliphatic carbocycles. The zero-order valence-corrected chi connectivity index (χ0v) is 10.4. The van der Waals surface area contributed by atoms with Crippen LogP contribution in [0.15, 0.2) is 12.3 Å². The number of methoxy groups -OCH3 is 1. The Bertz CT molecular complexity index is 429. The molecule has 0 amide bonds. The Labute approximate surface area is 106 Å². The van der Waals surface area contributed by atoms with Crippen LogP contribution in [0.3, 0.4) is 0 Å². The van der Waals surface area contributed by atoms with Gasteiger partial charge >= 0.3 is 5.97 Å². The second kappa shape index (κ2) is 5.68. The smallest absolute Gasteiger partial charge is 0.340 e. The lowest BCUT2D eigenvalue weighted by Crippen LogP contribution is -2.27. The molecule has 1 aromatic heterocycles. The Morgan fingerprint density at radius 1 is 1.50 bits per heavy atom. The van der Waals surface area contributed by atoms with E-state index in [9.17, 15) is 4.79 Å². The lowest BCUT2D eigenvalue weighted by Gasteiger charge is -2.21. The molecule has 0 spiro atoms. The van der Waals surface area contributed by atoms with Crippen molar-refractivity contribution >= 4 is 17.5 Å². The molecule has 2 N–H and O–H groups in total. The third-order valence-corrected chi connectivity index (χ3v) is 2.87. The van der Waals surface area contributed by atoms with E-state index in [-0.39, 0.29) is 0 Å². The molecule has 1 aromatic rings. The van der Waals surface area contributed by atoms with E-state index in [0.717, 1.165) is 31.9 Å². The van der Waals surface area contributed by atoms with E-state index in [2.05, 4.69) is 9.88 Å². The van der Waals surface area contributed by atoms with Crippen LogP contribution in [0.2, 0.25) is 0 Å². The van der Waals surface area contributed by atoms with Gasteiger partial charge in [-0.2, -0.15) is 0 Å². The van der Waals surface area contributed by atoms with E-state index in [4.69, 9.17) is 15.2 Å². The number of nitrogen functional groups attached to an aromatic ring is 1. The number of aromatic nitrogens is 1. The zero-order chi connectivity index (χ0) is 13.0. The van der Waals surface area contributed by atoms with Crippen molar-refractivity contribution in [3.8, 4) is 0 Å². The maximum absolute atomic E-state index is 11.6. The van der Waals surface area contributed by atoms with Gasteiger partial charge in [0.15, 0.2) is 0 Å². The zero-order valence-electron chi connectivity index (χ0n) is 10.4. The molecule has 1 saturated heterocycles. The number of nitrogens with two attached hydrogens (primary N) is 1. The standard InChI is InChI=1S/C12H17N3O3/c1-17-12(16)9-7-11(14-8-10(9)13)15-3-2-5-18-6-4-15/h7-8H,2-6,13H2,1H3. The lowest BCUT2D eigenvalue weighted by molar-refractivity contribution is 0.0602. The first kappa shape index (κ1) is 12.6. The maximum Gasteiger partial charge on any atom is 0.340 e. The van der Waals surface area contributed by atoms with Crippen LogP contribution in [0.5, 0.6) is 0 Å². The highest BCUT2D eigenvalue weighted by Gasteiger charge is 2.16. The first-order chi connectivity index (χ1) is 8.72.